The van der Waals surface area contributed by atoms with E-state index in [0.29, 0.717) is 43.4 Å². The van der Waals surface area contributed by atoms with Gasteiger partial charge < -0.3 is 20.1 Å². The van der Waals surface area contributed by atoms with Crippen LogP contribution in [0.25, 0.3) is 10.2 Å². The first-order valence-electron chi connectivity index (χ1n) is 11.0. The van der Waals surface area contributed by atoms with Crippen molar-refractivity contribution in [2.24, 2.45) is 0 Å². The highest BCUT2D eigenvalue weighted by molar-refractivity contribution is 7.18. The maximum absolute atomic E-state index is 12.4. The van der Waals surface area contributed by atoms with Gasteiger partial charge in [0.05, 0.1) is 41.5 Å². The number of para-hydroxylation sites is 1. The van der Waals surface area contributed by atoms with Crippen molar-refractivity contribution in [2.45, 2.75) is 20.3 Å². The van der Waals surface area contributed by atoms with Gasteiger partial charge in [0.2, 0.25) is 11.8 Å². The first-order valence-corrected chi connectivity index (χ1v) is 11.8. The van der Waals surface area contributed by atoms with Crippen molar-refractivity contribution in [3.8, 4) is 11.5 Å². The largest absolute Gasteiger partial charge is 0.490 e. The van der Waals surface area contributed by atoms with Crippen LogP contribution in [0.1, 0.15) is 18.9 Å². The van der Waals surface area contributed by atoms with Crippen LogP contribution in [-0.4, -0.2) is 61.6 Å². The lowest BCUT2D eigenvalue weighted by atomic mass is 10.2. The van der Waals surface area contributed by atoms with Gasteiger partial charge in [-0.25, -0.2) is 4.98 Å². The molecule has 0 bridgehead atoms. The number of likely N-dealkylation sites (N-methyl/N-ethyl adjacent to an activating group) is 1. The van der Waals surface area contributed by atoms with Gasteiger partial charge in [-0.3, -0.25) is 14.5 Å². The minimum atomic E-state index is -0.216. The molecule has 176 valence electrons. The number of carbonyl (C=O) groups excluding carboxylic acids is 2. The van der Waals surface area contributed by atoms with E-state index in [-0.39, 0.29) is 24.9 Å². The second kappa shape index (κ2) is 12.2. The van der Waals surface area contributed by atoms with Crippen LogP contribution < -0.4 is 20.1 Å². The van der Waals surface area contributed by atoms with Gasteiger partial charge in [0.15, 0.2) is 11.5 Å². The highest BCUT2D eigenvalue weighted by Gasteiger charge is 2.13. The van der Waals surface area contributed by atoms with Gasteiger partial charge in [0, 0.05) is 24.7 Å². The standard InChI is InChI=1S/C24H30N4O4S/c1-4-31-19-11-10-17(14-20(19)32-5-2)26-23(30)16-28(3)15-22(29)25-13-12-24-27-18-8-6-7-9-21(18)33-24/h6-11,14H,4-5,12-13,15-16H2,1-3H3,(H,25,29)(H,26,30). The molecular weight excluding hydrogens is 440 g/mol. The average molecular weight is 471 g/mol. The number of amides is 2. The number of hydrogen-bond acceptors (Lipinski definition) is 7. The molecule has 1 heterocycles. The average Bonchev–Trinajstić information content (AvgIpc) is 3.18. The number of ether oxygens (including phenoxy) is 2. The van der Waals surface area contributed by atoms with Crippen LogP contribution in [0.15, 0.2) is 42.5 Å². The minimum Gasteiger partial charge on any atom is -0.490 e. The minimum absolute atomic E-state index is 0.0858. The lowest BCUT2D eigenvalue weighted by Crippen LogP contribution is -2.39. The van der Waals surface area contributed by atoms with Crippen LogP contribution in [0.5, 0.6) is 11.5 Å². The SMILES string of the molecule is CCOc1ccc(NC(=O)CN(C)CC(=O)NCCc2nc3ccccc3s2)cc1OCC. The van der Waals surface area contributed by atoms with Crippen molar-refractivity contribution in [3.05, 3.63) is 47.5 Å². The Hall–Kier alpha value is -3.17. The van der Waals surface area contributed by atoms with E-state index in [1.165, 1.54) is 0 Å². The number of thiazole rings is 1. The molecule has 2 N–H and O–H groups in total. The molecule has 2 amide bonds. The van der Waals surface area contributed by atoms with Gasteiger partial charge in [-0.1, -0.05) is 12.1 Å². The lowest BCUT2D eigenvalue weighted by molar-refractivity contribution is -0.122. The maximum Gasteiger partial charge on any atom is 0.238 e. The number of carbonyl (C=O) groups is 2. The van der Waals surface area contributed by atoms with Gasteiger partial charge in [-0.05, 0) is 45.2 Å². The van der Waals surface area contributed by atoms with Gasteiger partial charge in [0.1, 0.15) is 0 Å². The molecule has 3 rings (SSSR count). The fourth-order valence-corrected chi connectivity index (χ4v) is 4.23. The number of fused-ring (bicyclic) bond motifs is 1. The number of rotatable bonds is 12. The maximum atomic E-state index is 12.4. The summed E-state index contributed by atoms with van der Waals surface area (Å²) >= 11 is 1.64. The second-order valence-electron chi connectivity index (χ2n) is 7.42. The van der Waals surface area contributed by atoms with Crippen molar-refractivity contribution in [1.29, 1.82) is 0 Å². The Morgan fingerprint density at radius 3 is 2.48 bits per heavy atom. The zero-order valence-corrected chi connectivity index (χ0v) is 20.0. The smallest absolute Gasteiger partial charge is 0.238 e. The van der Waals surface area contributed by atoms with Crippen molar-refractivity contribution in [2.75, 3.05) is 45.2 Å². The molecule has 0 spiro atoms. The first-order chi connectivity index (χ1) is 16.0. The van der Waals surface area contributed by atoms with E-state index < -0.39 is 0 Å². The van der Waals surface area contributed by atoms with E-state index in [1.807, 2.05) is 38.1 Å². The Labute approximate surface area is 197 Å². The molecule has 0 aliphatic rings. The van der Waals surface area contributed by atoms with E-state index >= 15 is 0 Å². The topological polar surface area (TPSA) is 92.8 Å². The first kappa shape index (κ1) is 24.5. The number of hydrogen-bond donors (Lipinski definition) is 2. The van der Waals surface area contributed by atoms with E-state index in [1.54, 1.807) is 41.5 Å². The fourth-order valence-electron chi connectivity index (χ4n) is 3.27. The monoisotopic (exact) mass is 470 g/mol. The van der Waals surface area contributed by atoms with Gasteiger partial charge in [0.25, 0.3) is 0 Å². The summed E-state index contributed by atoms with van der Waals surface area (Å²) in [5, 5.41) is 6.72. The third-order valence-electron chi connectivity index (χ3n) is 4.65. The van der Waals surface area contributed by atoms with E-state index in [4.69, 9.17) is 9.47 Å². The lowest BCUT2D eigenvalue weighted by Gasteiger charge is -2.17. The van der Waals surface area contributed by atoms with E-state index in [0.717, 1.165) is 15.2 Å². The number of anilines is 1. The summed E-state index contributed by atoms with van der Waals surface area (Å²) in [6.45, 7) is 5.53. The molecule has 0 saturated heterocycles. The Kier molecular flexibility index (Phi) is 9.03. The molecule has 0 saturated carbocycles. The van der Waals surface area contributed by atoms with Crippen molar-refractivity contribution < 1.29 is 19.1 Å². The molecule has 8 nitrogen and oxygen atoms in total. The molecule has 33 heavy (non-hydrogen) atoms. The predicted molar refractivity (Wildman–Crippen MR) is 131 cm³/mol. The van der Waals surface area contributed by atoms with Crippen molar-refractivity contribution >= 4 is 39.1 Å². The highest BCUT2D eigenvalue weighted by Crippen LogP contribution is 2.30. The Morgan fingerprint density at radius 2 is 1.73 bits per heavy atom. The number of benzene rings is 2. The summed E-state index contributed by atoms with van der Waals surface area (Å²) in [6.07, 6.45) is 0.676. The summed E-state index contributed by atoms with van der Waals surface area (Å²) < 4.78 is 12.3. The van der Waals surface area contributed by atoms with Gasteiger partial charge in [-0.2, -0.15) is 0 Å². The Bertz CT molecular complexity index is 1050. The van der Waals surface area contributed by atoms with Crippen LogP contribution in [0.3, 0.4) is 0 Å². The van der Waals surface area contributed by atoms with E-state index in [2.05, 4.69) is 15.6 Å². The Balaban J connectivity index is 1.41. The summed E-state index contributed by atoms with van der Waals surface area (Å²) in [7, 11) is 1.73. The summed E-state index contributed by atoms with van der Waals surface area (Å²) in [6, 6.07) is 13.3. The number of nitrogens with zero attached hydrogens (tertiary/aromatic N) is 2. The second-order valence-corrected chi connectivity index (χ2v) is 8.54. The third-order valence-corrected chi connectivity index (χ3v) is 5.75. The zero-order chi connectivity index (χ0) is 23.6. The van der Waals surface area contributed by atoms with Gasteiger partial charge >= 0.3 is 0 Å². The molecule has 3 aromatic rings. The highest BCUT2D eigenvalue weighted by atomic mass is 32.1. The number of nitrogens with one attached hydrogen (secondary N) is 2. The Morgan fingerprint density at radius 1 is 1.00 bits per heavy atom. The summed E-state index contributed by atoms with van der Waals surface area (Å²) in [4.78, 5) is 30.9. The van der Waals surface area contributed by atoms with Crippen LogP contribution in [0, 0.1) is 0 Å². The quantitative estimate of drug-likeness (QED) is 0.422. The number of aromatic nitrogens is 1. The normalized spacial score (nSPS) is 10.9. The fraction of sp³-hybridized carbons (Fsp3) is 0.375. The molecule has 0 fully saturated rings. The molecule has 0 aliphatic heterocycles. The molecule has 0 radical (unpaired) electrons. The van der Waals surface area contributed by atoms with Crippen molar-refractivity contribution in [3.63, 3.8) is 0 Å². The molecule has 0 unspecified atom stereocenters. The summed E-state index contributed by atoms with van der Waals surface area (Å²) in [5.41, 5.74) is 1.59. The third kappa shape index (κ3) is 7.44. The van der Waals surface area contributed by atoms with Crippen LogP contribution in [0.2, 0.25) is 0 Å². The van der Waals surface area contributed by atoms with Crippen LogP contribution in [0.4, 0.5) is 5.69 Å². The van der Waals surface area contributed by atoms with Crippen LogP contribution in [-0.2, 0) is 16.0 Å². The molecule has 1 aromatic heterocycles. The van der Waals surface area contributed by atoms with Crippen LogP contribution >= 0.6 is 11.3 Å². The molecule has 2 aromatic carbocycles. The van der Waals surface area contributed by atoms with Gasteiger partial charge in [-0.15, -0.1) is 11.3 Å². The molecule has 0 atom stereocenters. The van der Waals surface area contributed by atoms with Crippen molar-refractivity contribution in [1.82, 2.24) is 15.2 Å². The zero-order valence-electron chi connectivity index (χ0n) is 19.2. The molecule has 0 aliphatic carbocycles. The van der Waals surface area contributed by atoms with E-state index in [9.17, 15) is 9.59 Å². The predicted octanol–water partition coefficient (Wildman–Crippen LogP) is 3.32. The molecule has 9 heteroatoms. The summed E-state index contributed by atoms with van der Waals surface area (Å²) in [5.74, 6) is 0.868. The molecular formula is C24H30N4O4S.